The molecule has 0 N–H and O–H groups in total. The molecule has 29 heavy (non-hydrogen) atoms. The first-order chi connectivity index (χ1) is 13.9. The second-order valence-electron chi connectivity index (χ2n) is 7.98. The Labute approximate surface area is 175 Å². The van der Waals surface area contributed by atoms with Gasteiger partial charge in [0.05, 0.1) is 18.1 Å². The zero-order chi connectivity index (χ0) is 21.0. The maximum atomic E-state index is 13.0. The zero-order valence-electron chi connectivity index (χ0n) is 18.1. The van der Waals surface area contributed by atoms with Crippen molar-refractivity contribution in [2.45, 2.75) is 58.5 Å². The molecular formula is C22H34N4O2S. The van der Waals surface area contributed by atoms with E-state index in [1.54, 1.807) is 6.92 Å². The summed E-state index contributed by atoms with van der Waals surface area (Å²) in [5.41, 5.74) is 2.74. The van der Waals surface area contributed by atoms with Gasteiger partial charge in [0.15, 0.2) is 0 Å². The first-order valence-electron chi connectivity index (χ1n) is 10.7. The van der Waals surface area contributed by atoms with Gasteiger partial charge in [0, 0.05) is 26.2 Å². The van der Waals surface area contributed by atoms with E-state index in [0.29, 0.717) is 36.3 Å². The van der Waals surface area contributed by atoms with E-state index in [1.165, 1.54) is 22.7 Å². The topological polar surface area (TPSA) is 58.4 Å². The molecule has 1 aliphatic rings. The van der Waals surface area contributed by atoms with E-state index in [0.717, 1.165) is 25.2 Å². The molecule has 0 bridgehead atoms. The summed E-state index contributed by atoms with van der Waals surface area (Å²) in [5.74, 6) is 0.715. The van der Waals surface area contributed by atoms with Crippen molar-refractivity contribution < 1.29 is 8.42 Å². The van der Waals surface area contributed by atoms with Crippen LogP contribution in [0, 0.1) is 19.8 Å². The number of benzene rings is 1. The second-order valence-corrected chi connectivity index (χ2v) is 9.86. The van der Waals surface area contributed by atoms with Crippen molar-refractivity contribution in [1.29, 1.82) is 0 Å². The molecule has 3 rings (SSSR count). The van der Waals surface area contributed by atoms with Crippen molar-refractivity contribution in [3.8, 4) is 0 Å². The summed E-state index contributed by atoms with van der Waals surface area (Å²) in [7, 11) is -3.49. The number of aromatic nitrogens is 2. The fourth-order valence-corrected chi connectivity index (χ4v) is 6.18. The van der Waals surface area contributed by atoms with E-state index in [9.17, 15) is 8.42 Å². The van der Waals surface area contributed by atoms with Crippen LogP contribution in [-0.4, -0.2) is 53.6 Å². The number of aryl methyl sites for hydroxylation is 1. The van der Waals surface area contributed by atoms with Crippen molar-refractivity contribution in [3.63, 3.8) is 0 Å². The second kappa shape index (κ2) is 9.41. The van der Waals surface area contributed by atoms with Gasteiger partial charge in [0.2, 0.25) is 10.0 Å². The molecule has 1 aromatic heterocycles. The highest BCUT2D eigenvalue weighted by Crippen LogP contribution is 2.25. The molecule has 160 valence electrons. The third kappa shape index (κ3) is 4.90. The highest BCUT2D eigenvalue weighted by molar-refractivity contribution is 7.89. The Balaban J connectivity index is 1.65. The van der Waals surface area contributed by atoms with Gasteiger partial charge in [-0.25, -0.2) is 8.42 Å². The molecule has 0 radical (unpaired) electrons. The number of nitrogens with zero attached hydrogens (tertiary/aromatic N) is 4. The van der Waals surface area contributed by atoms with Crippen molar-refractivity contribution in [2.24, 2.45) is 5.92 Å². The van der Waals surface area contributed by atoms with E-state index in [4.69, 9.17) is 0 Å². The molecule has 0 saturated carbocycles. The molecule has 1 aromatic carbocycles. The van der Waals surface area contributed by atoms with Crippen molar-refractivity contribution in [1.82, 2.24) is 19.0 Å². The Morgan fingerprint density at radius 1 is 1.07 bits per heavy atom. The summed E-state index contributed by atoms with van der Waals surface area (Å²) in [6, 6.07) is 10.7. The Bertz CT molecular complexity index is 896. The monoisotopic (exact) mass is 418 g/mol. The van der Waals surface area contributed by atoms with Crippen molar-refractivity contribution in [2.75, 3.05) is 26.2 Å². The predicted molar refractivity (Wildman–Crippen MR) is 116 cm³/mol. The third-order valence-electron chi connectivity index (χ3n) is 6.03. The predicted octanol–water partition coefficient (Wildman–Crippen LogP) is 3.44. The van der Waals surface area contributed by atoms with Gasteiger partial charge >= 0.3 is 0 Å². The summed E-state index contributed by atoms with van der Waals surface area (Å²) in [4.78, 5) is 2.76. The number of sulfonamides is 1. The molecule has 2 aromatic rings. The average molecular weight is 419 g/mol. The molecule has 1 aliphatic heterocycles. The Hall–Kier alpha value is -1.70. The van der Waals surface area contributed by atoms with Crippen LogP contribution in [0.1, 0.15) is 43.6 Å². The number of hydrogen-bond donors (Lipinski definition) is 0. The van der Waals surface area contributed by atoms with Crippen LogP contribution in [0.2, 0.25) is 0 Å². The van der Waals surface area contributed by atoms with Gasteiger partial charge in [-0.05, 0) is 44.6 Å². The van der Waals surface area contributed by atoms with Crippen molar-refractivity contribution >= 4 is 10.0 Å². The van der Waals surface area contributed by atoms with E-state index in [2.05, 4.69) is 40.3 Å². The lowest BCUT2D eigenvalue weighted by atomic mass is 9.90. The lowest BCUT2D eigenvalue weighted by Crippen LogP contribution is -2.36. The SMILES string of the molecule is CCN(CC)S(=O)(=O)c1c(C)nn(CN2CCC(Cc3ccccc3)CC2)c1C. The van der Waals surface area contributed by atoms with Crippen LogP contribution in [0.4, 0.5) is 0 Å². The summed E-state index contributed by atoms with van der Waals surface area (Å²) in [6.45, 7) is 11.0. The minimum Gasteiger partial charge on any atom is -0.284 e. The lowest BCUT2D eigenvalue weighted by molar-refractivity contribution is 0.139. The molecule has 0 spiro atoms. The minimum atomic E-state index is -3.49. The first kappa shape index (κ1) is 22.0. The number of likely N-dealkylation sites (tertiary alicyclic amines) is 1. The van der Waals surface area contributed by atoms with E-state index in [-0.39, 0.29) is 0 Å². The smallest absolute Gasteiger partial charge is 0.246 e. The number of hydrogen-bond acceptors (Lipinski definition) is 4. The van der Waals surface area contributed by atoms with Gasteiger partial charge < -0.3 is 0 Å². The van der Waals surface area contributed by atoms with Gasteiger partial charge in [-0.15, -0.1) is 0 Å². The molecule has 2 heterocycles. The maximum absolute atomic E-state index is 13.0. The van der Waals surface area contributed by atoms with Crippen LogP contribution in [0.15, 0.2) is 35.2 Å². The molecule has 6 nitrogen and oxygen atoms in total. The van der Waals surface area contributed by atoms with Gasteiger partial charge in [-0.2, -0.15) is 9.40 Å². The fourth-order valence-electron chi connectivity index (χ4n) is 4.35. The van der Waals surface area contributed by atoms with Crippen LogP contribution in [-0.2, 0) is 23.1 Å². The minimum absolute atomic E-state index is 0.375. The maximum Gasteiger partial charge on any atom is 0.246 e. The molecule has 1 fully saturated rings. The van der Waals surface area contributed by atoms with Crippen LogP contribution in [0.5, 0.6) is 0 Å². The molecular weight excluding hydrogens is 384 g/mol. The Morgan fingerprint density at radius 2 is 1.69 bits per heavy atom. The van der Waals surface area contributed by atoms with Crippen LogP contribution < -0.4 is 0 Å². The largest absolute Gasteiger partial charge is 0.284 e. The molecule has 1 saturated heterocycles. The first-order valence-corrected chi connectivity index (χ1v) is 12.1. The van der Waals surface area contributed by atoms with E-state index in [1.807, 2.05) is 25.5 Å². The Kier molecular flexibility index (Phi) is 7.14. The number of rotatable bonds is 8. The van der Waals surface area contributed by atoms with Gasteiger partial charge in [-0.3, -0.25) is 9.58 Å². The fraction of sp³-hybridized carbons (Fsp3) is 0.591. The summed E-state index contributed by atoms with van der Waals surface area (Å²) >= 11 is 0. The summed E-state index contributed by atoms with van der Waals surface area (Å²) < 4.78 is 29.4. The van der Waals surface area contributed by atoms with E-state index < -0.39 is 10.0 Å². The quantitative estimate of drug-likeness (QED) is 0.659. The Morgan fingerprint density at radius 3 is 2.28 bits per heavy atom. The van der Waals surface area contributed by atoms with Crippen molar-refractivity contribution in [3.05, 3.63) is 47.3 Å². The molecule has 0 aliphatic carbocycles. The van der Waals surface area contributed by atoms with Gasteiger partial charge in [0.1, 0.15) is 4.90 Å². The zero-order valence-corrected chi connectivity index (χ0v) is 19.0. The molecule has 7 heteroatoms. The molecule has 0 unspecified atom stereocenters. The van der Waals surface area contributed by atoms with E-state index >= 15 is 0 Å². The lowest BCUT2D eigenvalue weighted by Gasteiger charge is -2.32. The van der Waals surface area contributed by atoms with Crippen LogP contribution >= 0.6 is 0 Å². The number of piperidine rings is 1. The highest BCUT2D eigenvalue weighted by atomic mass is 32.2. The average Bonchev–Trinajstić information content (AvgIpc) is 2.98. The van der Waals surface area contributed by atoms with Gasteiger partial charge in [-0.1, -0.05) is 44.2 Å². The molecule has 0 amide bonds. The summed E-state index contributed by atoms with van der Waals surface area (Å²) in [6.07, 6.45) is 3.47. The standard InChI is InChI=1S/C22H34N4O2S/c1-5-25(6-2)29(27,28)22-18(3)23-26(19(22)4)17-24-14-12-21(13-15-24)16-20-10-8-7-9-11-20/h7-11,21H,5-6,12-17H2,1-4H3. The van der Waals surface area contributed by atoms with Crippen LogP contribution in [0.3, 0.4) is 0 Å². The highest BCUT2D eigenvalue weighted by Gasteiger charge is 2.30. The third-order valence-corrected chi connectivity index (χ3v) is 8.33. The normalized spacial score (nSPS) is 16.6. The summed E-state index contributed by atoms with van der Waals surface area (Å²) in [5, 5.41) is 4.58. The van der Waals surface area contributed by atoms with Gasteiger partial charge in [0.25, 0.3) is 0 Å². The van der Waals surface area contributed by atoms with Crippen LogP contribution in [0.25, 0.3) is 0 Å². The molecule has 0 atom stereocenters.